The highest BCUT2D eigenvalue weighted by Crippen LogP contribution is 2.19. The molecule has 0 aromatic heterocycles. The molecule has 3 nitrogen and oxygen atoms in total. The van der Waals surface area contributed by atoms with Gasteiger partial charge in [-0.15, -0.1) is 0 Å². The van der Waals surface area contributed by atoms with Crippen LogP contribution in [0.5, 0.6) is 0 Å². The van der Waals surface area contributed by atoms with E-state index in [4.69, 9.17) is 0 Å². The fourth-order valence-electron chi connectivity index (χ4n) is 2.55. The molecule has 1 fully saturated rings. The van der Waals surface area contributed by atoms with Gasteiger partial charge in [0.1, 0.15) is 5.54 Å². The second kappa shape index (κ2) is 5.65. The van der Waals surface area contributed by atoms with Gasteiger partial charge in [-0.1, -0.05) is 6.42 Å². The van der Waals surface area contributed by atoms with Crippen molar-refractivity contribution in [3.63, 3.8) is 0 Å². The third-order valence-corrected chi connectivity index (χ3v) is 3.31. The number of rotatable bonds is 4. The summed E-state index contributed by atoms with van der Waals surface area (Å²) in [5.41, 5.74) is -0.417. The second-order valence-corrected chi connectivity index (χ2v) is 5.56. The van der Waals surface area contributed by atoms with Crippen molar-refractivity contribution in [2.75, 3.05) is 13.1 Å². The molecule has 1 rings (SSSR count). The molecule has 2 atom stereocenters. The van der Waals surface area contributed by atoms with Crippen LogP contribution in [0.3, 0.4) is 0 Å². The molecular weight excluding hydrogens is 198 g/mol. The van der Waals surface area contributed by atoms with Gasteiger partial charge in [0.05, 0.1) is 6.07 Å². The summed E-state index contributed by atoms with van der Waals surface area (Å²) in [5, 5.41) is 12.7. The summed E-state index contributed by atoms with van der Waals surface area (Å²) in [4.78, 5) is 2.45. The lowest BCUT2D eigenvalue weighted by Crippen LogP contribution is -2.55. The standard InChI is InChI=1S/C13H25N3/c1-11(2)15-13(4,9-14)10-16-8-6-5-7-12(16)3/h11-12,15H,5-8,10H2,1-4H3. The van der Waals surface area contributed by atoms with Gasteiger partial charge in [-0.2, -0.15) is 5.26 Å². The quantitative estimate of drug-likeness (QED) is 0.793. The fraction of sp³-hybridized carbons (Fsp3) is 0.923. The average molecular weight is 223 g/mol. The van der Waals surface area contributed by atoms with Crippen LogP contribution < -0.4 is 5.32 Å². The van der Waals surface area contributed by atoms with Crippen molar-refractivity contribution in [3.05, 3.63) is 0 Å². The van der Waals surface area contributed by atoms with Gasteiger partial charge in [-0.3, -0.25) is 10.2 Å². The molecule has 2 unspecified atom stereocenters. The van der Waals surface area contributed by atoms with E-state index in [2.05, 4.69) is 37.1 Å². The lowest BCUT2D eigenvalue weighted by atomic mass is 9.97. The molecule has 1 aliphatic heterocycles. The van der Waals surface area contributed by atoms with Gasteiger partial charge in [-0.25, -0.2) is 0 Å². The molecule has 1 aliphatic rings. The van der Waals surface area contributed by atoms with E-state index < -0.39 is 5.54 Å². The first-order valence-corrected chi connectivity index (χ1v) is 6.40. The predicted molar refractivity (Wildman–Crippen MR) is 67.2 cm³/mol. The molecule has 1 heterocycles. The molecule has 0 saturated carbocycles. The minimum absolute atomic E-state index is 0.352. The van der Waals surface area contributed by atoms with Crippen LogP contribution in [0, 0.1) is 11.3 Å². The van der Waals surface area contributed by atoms with E-state index in [9.17, 15) is 5.26 Å². The number of hydrogen-bond acceptors (Lipinski definition) is 3. The number of nitrogens with zero attached hydrogens (tertiary/aromatic N) is 2. The van der Waals surface area contributed by atoms with Crippen molar-refractivity contribution in [1.82, 2.24) is 10.2 Å². The van der Waals surface area contributed by atoms with E-state index in [-0.39, 0.29) is 0 Å². The Hall–Kier alpha value is -0.590. The van der Waals surface area contributed by atoms with Crippen molar-refractivity contribution < 1.29 is 0 Å². The number of likely N-dealkylation sites (tertiary alicyclic amines) is 1. The first kappa shape index (κ1) is 13.5. The Labute approximate surface area is 99.8 Å². The van der Waals surface area contributed by atoms with Crippen LogP contribution in [0.15, 0.2) is 0 Å². The summed E-state index contributed by atoms with van der Waals surface area (Å²) in [7, 11) is 0. The van der Waals surface area contributed by atoms with Crippen LogP contribution in [-0.4, -0.2) is 35.6 Å². The van der Waals surface area contributed by atoms with Gasteiger partial charge in [0.15, 0.2) is 0 Å². The van der Waals surface area contributed by atoms with Gasteiger partial charge < -0.3 is 0 Å². The molecule has 0 amide bonds. The smallest absolute Gasteiger partial charge is 0.116 e. The topological polar surface area (TPSA) is 39.1 Å². The van der Waals surface area contributed by atoms with E-state index in [1.54, 1.807) is 0 Å². The molecule has 92 valence electrons. The van der Waals surface area contributed by atoms with Crippen molar-refractivity contribution in [2.24, 2.45) is 0 Å². The maximum Gasteiger partial charge on any atom is 0.116 e. The first-order valence-electron chi connectivity index (χ1n) is 6.40. The largest absolute Gasteiger partial charge is 0.298 e. The van der Waals surface area contributed by atoms with Crippen molar-refractivity contribution in [3.8, 4) is 6.07 Å². The maximum absolute atomic E-state index is 9.31. The molecule has 16 heavy (non-hydrogen) atoms. The highest BCUT2D eigenvalue weighted by Gasteiger charge is 2.30. The van der Waals surface area contributed by atoms with Gasteiger partial charge >= 0.3 is 0 Å². The Kier molecular flexibility index (Phi) is 4.76. The molecule has 0 aromatic rings. The van der Waals surface area contributed by atoms with E-state index in [0.29, 0.717) is 12.1 Å². The minimum Gasteiger partial charge on any atom is -0.298 e. The van der Waals surface area contributed by atoms with Crippen LogP contribution >= 0.6 is 0 Å². The highest BCUT2D eigenvalue weighted by molar-refractivity contribution is 5.07. The fourth-order valence-corrected chi connectivity index (χ4v) is 2.55. The van der Waals surface area contributed by atoms with Crippen LogP contribution in [0.25, 0.3) is 0 Å². The van der Waals surface area contributed by atoms with Crippen molar-refractivity contribution in [2.45, 2.75) is 64.6 Å². The Morgan fingerprint density at radius 3 is 2.69 bits per heavy atom. The molecule has 0 radical (unpaired) electrons. The number of hydrogen-bond donors (Lipinski definition) is 1. The zero-order valence-electron chi connectivity index (χ0n) is 11.1. The summed E-state index contributed by atoms with van der Waals surface area (Å²) in [6, 6.07) is 3.40. The molecule has 1 saturated heterocycles. The molecule has 0 aromatic carbocycles. The molecule has 0 aliphatic carbocycles. The Morgan fingerprint density at radius 2 is 2.19 bits per heavy atom. The third kappa shape index (κ3) is 3.77. The average Bonchev–Trinajstić information content (AvgIpc) is 2.20. The van der Waals surface area contributed by atoms with Crippen molar-refractivity contribution in [1.29, 1.82) is 5.26 Å². The second-order valence-electron chi connectivity index (χ2n) is 5.56. The predicted octanol–water partition coefficient (Wildman–Crippen LogP) is 2.14. The number of nitriles is 1. The van der Waals surface area contributed by atoms with Gasteiger partial charge in [0.25, 0.3) is 0 Å². The Balaban J connectivity index is 2.58. The number of piperidine rings is 1. The zero-order chi connectivity index (χ0) is 12.2. The van der Waals surface area contributed by atoms with Gasteiger partial charge in [0.2, 0.25) is 0 Å². The van der Waals surface area contributed by atoms with Crippen LogP contribution in [0.2, 0.25) is 0 Å². The molecule has 3 heteroatoms. The summed E-state index contributed by atoms with van der Waals surface area (Å²) >= 11 is 0. The zero-order valence-corrected chi connectivity index (χ0v) is 11.1. The Bertz CT molecular complexity index is 256. The molecule has 1 N–H and O–H groups in total. The maximum atomic E-state index is 9.31. The van der Waals surface area contributed by atoms with Crippen molar-refractivity contribution >= 4 is 0 Å². The SMILES string of the molecule is CC(C)NC(C)(C#N)CN1CCCCC1C. The summed E-state index contributed by atoms with van der Waals surface area (Å²) in [6.45, 7) is 10.4. The van der Waals surface area contributed by atoms with Crippen LogP contribution in [0.1, 0.15) is 47.0 Å². The molecule has 0 spiro atoms. The normalized spacial score (nSPS) is 26.4. The lowest BCUT2D eigenvalue weighted by Gasteiger charge is -2.38. The van der Waals surface area contributed by atoms with Crippen LogP contribution in [-0.2, 0) is 0 Å². The highest BCUT2D eigenvalue weighted by atomic mass is 15.2. The summed E-state index contributed by atoms with van der Waals surface area (Å²) in [6.07, 6.45) is 3.87. The Morgan fingerprint density at radius 1 is 1.50 bits per heavy atom. The first-order chi connectivity index (χ1) is 7.47. The van der Waals surface area contributed by atoms with Crippen LogP contribution in [0.4, 0.5) is 0 Å². The minimum atomic E-state index is -0.417. The lowest BCUT2D eigenvalue weighted by molar-refractivity contribution is 0.129. The van der Waals surface area contributed by atoms with Gasteiger partial charge in [-0.05, 0) is 47.1 Å². The summed E-state index contributed by atoms with van der Waals surface area (Å²) in [5.74, 6) is 0. The van der Waals surface area contributed by atoms with E-state index >= 15 is 0 Å². The molecule has 0 bridgehead atoms. The monoisotopic (exact) mass is 223 g/mol. The van der Waals surface area contributed by atoms with E-state index in [1.807, 2.05) is 6.92 Å². The van der Waals surface area contributed by atoms with Gasteiger partial charge in [0, 0.05) is 18.6 Å². The third-order valence-electron chi connectivity index (χ3n) is 3.31. The number of nitrogens with one attached hydrogen (secondary N) is 1. The summed E-state index contributed by atoms with van der Waals surface area (Å²) < 4.78 is 0. The van der Waals surface area contributed by atoms with E-state index in [0.717, 1.165) is 13.1 Å². The molecular formula is C13H25N3. The van der Waals surface area contributed by atoms with E-state index in [1.165, 1.54) is 19.3 Å².